The minimum Gasteiger partial charge on any atom is -0.497 e. The highest BCUT2D eigenvalue weighted by molar-refractivity contribution is 9.10. The Morgan fingerprint density at radius 3 is 2.22 bits per heavy atom. The van der Waals surface area contributed by atoms with Crippen LogP contribution in [-0.4, -0.2) is 58.5 Å². The Kier molecular flexibility index (Phi) is 11.2. The fraction of sp³-hybridized carbons (Fsp3) is 0.333. The van der Waals surface area contributed by atoms with Gasteiger partial charge in [-0.1, -0.05) is 52.7 Å². The van der Waals surface area contributed by atoms with Crippen LogP contribution in [0.5, 0.6) is 11.5 Å². The Hall–Kier alpha value is -3.57. The molecule has 9 nitrogen and oxygen atoms in total. The molecule has 0 bridgehead atoms. The molecular weight excluding hydrogens is 610 g/mol. The summed E-state index contributed by atoms with van der Waals surface area (Å²) in [4.78, 5) is 28.5. The lowest BCUT2D eigenvalue weighted by Gasteiger charge is -2.32. The number of hydrogen-bond acceptors (Lipinski definition) is 6. The molecule has 0 unspecified atom stereocenters. The van der Waals surface area contributed by atoms with Crippen LogP contribution in [0.25, 0.3) is 0 Å². The van der Waals surface area contributed by atoms with Gasteiger partial charge in [-0.3, -0.25) is 13.9 Å². The molecule has 1 atom stereocenters. The maximum Gasteiger partial charge on any atom is 0.264 e. The first-order chi connectivity index (χ1) is 19.5. The molecule has 3 aromatic carbocycles. The normalized spacial score (nSPS) is 11.9. The lowest BCUT2D eigenvalue weighted by Crippen LogP contribution is -2.51. The Labute approximate surface area is 250 Å². The second kappa shape index (κ2) is 14.4. The highest BCUT2D eigenvalue weighted by atomic mass is 79.9. The highest BCUT2D eigenvalue weighted by Crippen LogP contribution is 2.36. The van der Waals surface area contributed by atoms with E-state index >= 15 is 0 Å². The molecule has 1 N–H and O–H groups in total. The average molecular weight is 647 g/mol. The van der Waals surface area contributed by atoms with Crippen molar-refractivity contribution in [3.8, 4) is 11.5 Å². The van der Waals surface area contributed by atoms with Crippen LogP contribution in [0.15, 0.2) is 76.1 Å². The Morgan fingerprint density at radius 2 is 1.63 bits per heavy atom. The molecule has 0 heterocycles. The third kappa shape index (κ3) is 8.01. The Balaban J connectivity index is 2.10. The van der Waals surface area contributed by atoms with Crippen molar-refractivity contribution in [2.45, 2.75) is 44.7 Å². The van der Waals surface area contributed by atoms with E-state index in [2.05, 4.69) is 21.2 Å². The summed E-state index contributed by atoms with van der Waals surface area (Å²) in [7, 11) is -1.37. The zero-order valence-corrected chi connectivity index (χ0v) is 26.3. The molecule has 3 aromatic rings. The van der Waals surface area contributed by atoms with E-state index in [-0.39, 0.29) is 28.8 Å². The lowest BCUT2D eigenvalue weighted by molar-refractivity contribution is -0.139. The maximum atomic E-state index is 14.1. The van der Waals surface area contributed by atoms with Gasteiger partial charge < -0.3 is 19.7 Å². The van der Waals surface area contributed by atoms with E-state index in [9.17, 15) is 18.0 Å². The van der Waals surface area contributed by atoms with Gasteiger partial charge in [0.05, 0.1) is 24.8 Å². The highest BCUT2D eigenvalue weighted by Gasteiger charge is 2.34. The van der Waals surface area contributed by atoms with Crippen molar-refractivity contribution in [3.63, 3.8) is 0 Å². The van der Waals surface area contributed by atoms with Crippen LogP contribution >= 0.6 is 15.9 Å². The minimum absolute atomic E-state index is 0.00831. The molecule has 11 heteroatoms. The van der Waals surface area contributed by atoms with Crippen LogP contribution < -0.4 is 19.1 Å². The number of sulfonamides is 1. The Morgan fingerprint density at radius 1 is 0.976 bits per heavy atom. The molecule has 0 aromatic heterocycles. The summed E-state index contributed by atoms with van der Waals surface area (Å²) < 4.78 is 40.9. The molecule has 220 valence electrons. The van der Waals surface area contributed by atoms with Gasteiger partial charge in [-0.2, -0.15) is 0 Å². The van der Waals surface area contributed by atoms with Crippen molar-refractivity contribution in [2.24, 2.45) is 0 Å². The lowest BCUT2D eigenvalue weighted by atomic mass is 10.1. The SMILES string of the molecule is CCCNC(=O)[C@@H](C)N(Cc1ccc(Br)cc1)C(=O)CN(c1cc(OC)ccc1OC)S(=O)(=O)c1ccc(C)cc1. The van der Waals surface area contributed by atoms with E-state index in [0.717, 1.165) is 26.3 Å². The summed E-state index contributed by atoms with van der Waals surface area (Å²) in [5.74, 6) is -0.268. The molecule has 0 fully saturated rings. The zero-order valence-electron chi connectivity index (χ0n) is 23.9. The number of benzene rings is 3. The monoisotopic (exact) mass is 645 g/mol. The number of carbonyl (C=O) groups excluding carboxylic acids is 2. The standard InChI is InChI=1S/C30H36BrN3O6S/c1-6-17-32-30(36)22(3)33(19-23-9-11-24(31)12-10-23)29(35)20-34(27-18-25(39-4)13-16-28(27)40-5)41(37,38)26-14-7-21(2)8-15-26/h7-16,18,22H,6,17,19-20H2,1-5H3,(H,32,36)/t22-/m1/s1. The van der Waals surface area contributed by atoms with Gasteiger partial charge in [-0.25, -0.2) is 8.42 Å². The summed E-state index contributed by atoms with van der Waals surface area (Å²) in [5.41, 5.74) is 1.80. The smallest absolute Gasteiger partial charge is 0.264 e. The molecule has 3 rings (SSSR count). The van der Waals surface area contributed by atoms with Crippen molar-refractivity contribution >= 4 is 43.5 Å². The van der Waals surface area contributed by atoms with Gasteiger partial charge in [0.1, 0.15) is 24.1 Å². The largest absolute Gasteiger partial charge is 0.497 e. The van der Waals surface area contributed by atoms with Gasteiger partial charge in [0.2, 0.25) is 11.8 Å². The number of amides is 2. The van der Waals surface area contributed by atoms with Crippen molar-refractivity contribution in [2.75, 3.05) is 31.6 Å². The van der Waals surface area contributed by atoms with Crippen molar-refractivity contribution in [3.05, 3.63) is 82.3 Å². The molecule has 41 heavy (non-hydrogen) atoms. The van der Waals surface area contributed by atoms with E-state index in [0.29, 0.717) is 12.3 Å². The molecule has 0 radical (unpaired) electrons. The van der Waals surface area contributed by atoms with E-state index in [1.54, 1.807) is 31.2 Å². The maximum absolute atomic E-state index is 14.1. The number of hydrogen-bond donors (Lipinski definition) is 1. The number of nitrogens with zero attached hydrogens (tertiary/aromatic N) is 2. The zero-order chi connectivity index (χ0) is 30.2. The van der Waals surface area contributed by atoms with Gasteiger partial charge in [0.15, 0.2) is 0 Å². The van der Waals surface area contributed by atoms with E-state index in [1.807, 2.05) is 38.1 Å². The van der Waals surface area contributed by atoms with Gasteiger partial charge in [0.25, 0.3) is 10.0 Å². The van der Waals surface area contributed by atoms with Crippen LogP contribution in [-0.2, 0) is 26.2 Å². The number of carbonyl (C=O) groups is 2. The molecule has 0 aliphatic carbocycles. The first kappa shape index (κ1) is 32.0. The van der Waals surface area contributed by atoms with Gasteiger partial charge >= 0.3 is 0 Å². The number of anilines is 1. The molecule has 0 aliphatic heterocycles. The number of aryl methyl sites for hydroxylation is 1. The van der Waals surface area contributed by atoms with Crippen molar-refractivity contribution < 1.29 is 27.5 Å². The number of methoxy groups -OCH3 is 2. The number of halogens is 1. The summed E-state index contributed by atoms with van der Waals surface area (Å²) in [6, 6.07) is 17.6. The molecule has 0 spiro atoms. The fourth-order valence-corrected chi connectivity index (χ4v) is 5.79. The third-order valence-electron chi connectivity index (χ3n) is 6.53. The van der Waals surface area contributed by atoms with Gasteiger partial charge in [-0.15, -0.1) is 0 Å². The fourth-order valence-electron chi connectivity index (χ4n) is 4.11. The second-order valence-corrected chi connectivity index (χ2v) is 12.3. The van der Waals surface area contributed by atoms with Crippen molar-refractivity contribution in [1.82, 2.24) is 10.2 Å². The van der Waals surface area contributed by atoms with Crippen LogP contribution in [0.4, 0.5) is 5.69 Å². The summed E-state index contributed by atoms with van der Waals surface area (Å²) >= 11 is 3.41. The van der Waals surface area contributed by atoms with E-state index in [1.165, 1.54) is 37.3 Å². The molecule has 2 amide bonds. The van der Waals surface area contributed by atoms with Crippen LogP contribution in [0.1, 0.15) is 31.4 Å². The van der Waals surface area contributed by atoms with Crippen LogP contribution in [0.2, 0.25) is 0 Å². The summed E-state index contributed by atoms with van der Waals surface area (Å²) in [5, 5.41) is 2.83. The summed E-state index contributed by atoms with van der Waals surface area (Å²) in [6.07, 6.45) is 0.733. The van der Waals surface area contributed by atoms with Gasteiger partial charge in [-0.05, 0) is 62.2 Å². The second-order valence-electron chi connectivity index (χ2n) is 9.48. The molecular formula is C30H36BrN3O6S. The summed E-state index contributed by atoms with van der Waals surface area (Å²) in [6.45, 7) is 5.39. The molecule has 0 aliphatic rings. The number of ether oxygens (including phenoxy) is 2. The van der Waals surface area contributed by atoms with E-state index < -0.39 is 28.5 Å². The molecule has 0 saturated heterocycles. The van der Waals surface area contributed by atoms with Crippen molar-refractivity contribution in [1.29, 1.82) is 0 Å². The third-order valence-corrected chi connectivity index (χ3v) is 8.83. The number of nitrogens with one attached hydrogen (secondary N) is 1. The first-order valence-corrected chi connectivity index (χ1v) is 15.4. The predicted octanol–water partition coefficient (Wildman–Crippen LogP) is 4.91. The molecule has 0 saturated carbocycles. The van der Waals surface area contributed by atoms with Gasteiger partial charge in [0, 0.05) is 23.6 Å². The predicted molar refractivity (Wildman–Crippen MR) is 163 cm³/mol. The topological polar surface area (TPSA) is 105 Å². The minimum atomic E-state index is -4.25. The Bertz CT molecular complexity index is 1450. The van der Waals surface area contributed by atoms with Crippen LogP contribution in [0.3, 0.4) is 0 Å². The average Bonchev–Trinajstić information content (AvgIpc) is 2.97. The van der Waals surface area contributed by atoms with E-state index in [4.69, 9.17) is 9.47 Å². The first-order valence-electron chi connectivity index (χ1n) is 13.1. The number of rotatable bonds is 13. The van der Waals surface area contributed by atoms with Crippen LogP contribution in [0, 0.1) is 6.92 Å². The quantitative estimate of drug-likeness (QED) is 0.283.